The van der Waals surface area contributed by atoms with Gasteiger partial charge in [-0.1, -0.05) is 0 Å². The number of benzene rings is 2. The third-order valence-corrected chi connectivity index (χ3v) is 4.45. The number of carbonyl (C=O) groups is 1. The number of nitro groups is 1. The Kier molecular flexibility index (Phi) is 5.32. The van der Waals surface area contributed by atoms with Crippen molar-refractivity contribution in [2.45, 2.75) is 11.8 Å². The molecule has 0 aliphatic rings. The van der Waals surface area contributed by atoms with E-state index in [0.29, 0.717) is 12.1 Å². The molecular weight excluding hydrogens is 355 g/mol. The third kappa shape index (κ3) is 4.29. The fraction of sp³-hybridized carbons (Fsp3) is 0.133. The van der Waals surface area contributed by atoms with Gasteiger partial charge in [-0.3, -0.25) is 14.8 Å². The summed E-state index contributed by atoms with van der Waals surface area (Å²) in [5.41, 5.74) is -0.581. The quantitative estimate of drug-likeness (QED) is 0.476. The van der Waals surface area contributed by atoms with Gasteiger partial charge in [-0.15, -0.1) is 0 Å². The SMILES string of the molecule is CCOC(=O)c1ccc(NS(=O)(=O)c2ccc(F)c([N+](=O)[O-])c2)cc1. The van der Waals surface area contributed by atoms with Crippen molar-refractivity contribution in [2.24, 2.45) is 0 Å². The van der Waals surface area contributed by atoms with Crippen molar-refractivity contribution in [3.05, 3.63) is 64.0 Å². The number of anilines is 1. The number of hydrogen-bond donors (Lipinski definition) is 1. The summed E-state index contributed by atoms with van der Waals surface area (Å²) >= 11 is 0. The number of nitro benzene ring substituents is 1. The first kappa shape index (κ1) is 18.3. The van der Waals surface area contributed by atoms with Gasteiger partial charge in [0.1, 0.15) is 0 Å². The lowest BCUT2D eigenvalue weighted by Crippen LogP contribution is -2.13. The maximum Gasteiger partial charge on any atom is 0.338 e. The van der Waals surface area contributed by atoms with Gasteiger partial charge in [-0.05, 0) is 43.3 Å². The van der Waals surface area contributed by atoms with Crippen molar-refractivity contribution in [3.8, 4) is 0 Å². The molecule has 8 nitrogen and oxygen atoms in total. The molecule has 0 fully saturated rings. The smallest absolute Gasteiger partial charge is 0.338 e. The molecule has 0 bridgehead atoms. The van der Waals surface area contributed by atoms with Crippen LogP contribution in [-0.2, 0) is 14.8 Å². The molecule has 2 rings (SSSR count). The predicted molar refractivity (Wildman–Crippen MR) is 86.3 cm³/mol. The standard InChI is InChI=1S/C15H13FN2O6S/c1-2-24-15(19)10-3-5-11(6-4-10)17-25(22,23)12-7-8-13(16)14(9-12)18(20)21/h3-9,17H,2H2,1H3. The van der Waals surface area contributed by atoms with Crippen molar-refractivity contribution in [1.82, 2.24) is 0 Å². The van der Waals surface area contributed by atoms with E-state index in [0.717, 1.165) is 6.07 Å². The van der Waals surface area contributed by atoms with Gasteiger partial charge in [0.25, 0.3) is 10.0 Å². The summed E-state index contributed by atoms with van der Waals surface area (Å²) in [7, 11) is -4.17. The second-order valence-electron chi connectivity index (χ2n) is 4.77. The molecule has 0 unspecified atom stereocenters. The highest BCUT2D eigenvalue weighted by atomic mass is 32.2. The summed E-state index contributed by atoms with van der Waals surface area (Å²) in [6.07, 6.45) is 0. The van der Waals surface area contributed by atoms with Crippen LogP contribution in [0.5, 0.6) is 0 Å². The van der Waals surface area contributed by atoms with Gasteiger partial charge in [0.15, 0.2) is 0 Å². The Morgan fingerprint density at radius 1 is 1.24 bits per heavy atom. The van der Waals surface area contributed by atoms with Crippen LogP contribution in [0, 0.1) is 15.9 Å². The fourth-order valence-electron chi connectivity index (χ4n) is 1.90. The van der Waals surface area contributed by atoms with E-state index in [2.05, 4.69) is 4.72 Å². The van der Waals surface area contributed by atoms with E-state index in [1.807, 2.05) is 0 Å². The summed E-state index contributed by atoms with van der Waals surface area (Å²) < 4.78 is 44.8. The molecule has 25 heavy (non-hydrogen) atoms. The van der Waals surface area contributed by atoms with E-state index in [4.69, 9.17) is 4.74 Å². The zero-order chi connectivity index (χ0) is 18.6. The first-order chi connectivity index (χ1) is 11.7. The molecular formula is C15H13FN2O6S. The fourth-order valence-corrected chi connectivity index (χ4v) is 2.98. The number of halogens is 1. The van der Waals surface area contributed by atoms with Crippen LogP contribution in [-0.4, -0.2) is 25.9 Å². The number of hydrogen-bond acceptors (Lipinski definition) is 6. The average Bonchev–Trinajstić information content (AvgIpc) is 2.55. The molecule has 1 N–H and O–H groups in total. The van der Waals surface area contributed by atoms with Crippen LogP contribution >= 0.6 is 0 Å². The topological polar surface area (TPSA) is 116 Å². The number of sulfonamides is 1. The highest BCUT2D eigenvalue weighted by Gasteiger charge is 2.21. The normalized spacial score (nSPS) is 11.0. The molecule has 2 aromatic carbocycles. The Bertz CT molecular complexity index is 912. The van der Waals surface area contributed by atoms with E-state index in [1.165, 1.54) is 24.3 Å². The van der Waals surface area contributed by atoms with Crippen molar-refractivity contribution in [1.29, 1.82) is 0 Å². The van der Waals surface area contributed by atoms with Crippen molar-refractivity contribution in [3.63, 3.8) is 0 Å². The van der Waals surface area contributed by atoms with Gasteiger partial charge in [0.2, 0.25) is 5.82 Å². The van der Waals surface area contributed by atoms with E-state index < -0.39 is 37.3 Å². The lowest BCUT2D eigenvalue weighted by atomic mass is 10.2. The van der Waals surface area contributed by atoms with Gasteiger partial charge < -0.3 is 4.74 Å². The van der Waals surface area contributed by atoms with E-state index >= 15 is 0 Å². The zero-order valence-corrected chi connectivity index (χ0v) is 13.7. The molecule has 0 aromatic heterocycles. The minimum absolute atomic E-state index is 0.125. The van der Waals surface area contributed by atoms with E-state index in [1.54, 1.807) is 6.92 Å². The number of rotatable bonds is 6. The molecule has 0 amide bonds. The summed E-state index contributed by atoms with van der Waals surface area (Å²) in [6, 6.07) is 7.65. The molecule has 0 aliphatic carbocycles. The molecule has 10 heteroatoms. The highest BCUT2D eigenvalue weighted by molar-refractivity contribution is 7.92. The Balaban J connectivity index is 2.26. The maximum absolute atomic E-state index is 13.3. The van der Waals surface area contributed by atoms with Crippen LogP contribution < -0.4 is 4.72 Å². The van der Waals surface area contributed by atoms with Crippen LogP contribution in [0.4, 0.5) is 15.8 Å². The lowest BCUT2D eigenvalue weighted by Gasteiger charge is -2.09. The molecule has 0 spiro atoms. The number of nitrogens with zero attached hydrogens (tertiary/aromatic N) is 1. The van der Waals surface area contributed by atoms with E-state index in [9.17, 15) is 27.7 Å². The van der Waals surface area contributed by atoms with Crippen molar-refractivity contribution < 1.29 is 27.3 Å². The zero-order valence-electron chi connectivity index (χ0n) is 12.9. The Morgan fingerprint density at radius 3 is 2.44 bits per heavy atom. The maximum atomic E-state index is 13.3. The van der Waals surface area contributed by atoms with Gasteiger partial charge >= 0.3 is 11.7 Å². The number of ether oxygens (including phenoxy) is 1. The van der Waals surface area contributed by atoms with Crippen LogP contribution in [0.15, 0.2) is 47.4 Å². The van der Waals surface area contributed by atoms with Crippen LogP contribution in [0.2, 0.25) is 0 Å². The van der Waals surface area contributed by atoms with E-state index in [-0.39, 0.29) is 17.9 Å². The number of esters is 1. The second-order valence-corrected chi connectivity index (χ2v) is 6.46. The molecule has 0 aliphatic heterocycles. The number of nitrogens with one attached hydrogen (secondary N) is 1. The molecule has 2 aromatic rings. The van der Waals surface area contributed by atoms with Gasteiger partial charge in [0, 0.05) is 11.8 Å². The Morgan fingerprint density at radius 2 is 1.88 bits per heavy atom. The van der Waals surface area contributed by atoms with Gasteiger partial charge in [0.05, 0.1) is 22.0 Å². The summed E-state index contributed by atoms with van der Waals surface area (Å²) in [5, 5.41) is 10.7. The summed E-state index contributed by atoms with van der Waals surface area (Å²) in [4.78, 5) is 20.8. The van der Waals surface area contributed by atoms with Gasteiger partial charge in [-0.2, -0.15) is 4.39 Å². The Labute approximate surface area is 142 Å². The highest BCUT2D eigenvalue weighted by Crippen LogP contribution is 2.23. The average molecular weight is 368 g/mol. The first-order valence-electron chi connectivity index (χ1n) is 6.98. The second kappa shape index (κ2) is 7.26. The molecule has 0 heterocycles. The Hall–Kier alpha value is -3.01. The largest absolute Gasteiger partial charge is 0.462 e. The third-order valence-electron chi connectivity index (χ3n) is 3.07. The summed E-state index contributed by atoms with van der Waals surface area (Å²) in [5.74, 6) is -1.69. The molecule has 0 radical (unpaired) electrons. The van der Waals surface area contributed by atoms with Crippen molar-refractivity contribution in [2.75, 3.05) is 11.3 Å². The van der Waals surface area contributed by atoms with Crippen LogP contribution in [0.3, 0.4) is 0 Å². The first-order valence-corrected chi connectivity index (χ1v) is 8.47. The molecule has 0 saturated heterocycles. The minimum atomic E-state index is -4.17. The van der Waals surface area contributed by atoms with Crippen LogP contribution in [0.25, 0.3) is 0 Å². The lowest BCUT2D eigenvalue weighted by molar-refractivity contribution is -0.387. The summed E-state index contributed by atoms with van der Waals surface area (Å²) in [6.45, 7) is 1.86. The number of carbonyl (C=O) groups excluding carboxylic acids is 1. The van der Waals surface area contributed by atoms with Crippen molar-refractivity contribution >= 4 is 27.4 Å². The van der Waals surface area contributed by atoms with Gasteiger partial charge in [-0.25, -0.2) is 13.2 Å². The molecule has 0 saturated carbocycles. The van der Waals surface area contributed by atoms with Crippen LogP contribution in [0.1, 0.15) is 17.3 Å². The molecule has 0 atom stereocenters. The predicted octanol–water partition coefficient (Wildman–Crippen LogP) is 2.71. The molecule has 132 valence electrons. The monoisotopic (exact) mass is 368 g/mol. The minimum Gasteiger partial charge on any atom is -0.462 e.